The number of hydrogen-bond acceptors (Lipinski definition) is 13. The molecule has 3 N–H and O–H groups in total. The number of methoxy groups -OCH3 is 1. The highest BCUT2D eigenvalue weighted by molar-refractivity contribution is 7.10. The number of benzene rings is 1. The van der Waals surface area contributed by atoms with Gasteiger partial charge in [0.15, 0.2) is 0 Å². The maximum Gasteiger partial charge on any atom is 0.355 e. The van der Waals surface area contributed by atoms with Crippen LogP contribution in [0.3, 0.4) is 0 Å². The molecule has 4 aliphatic rings. The zero-order valence-electron chi connectivity index (χ0n) is 39.6. The number of morpholine rings is 1. The lowest BCUT2D eigenvalue weighted by Crippen LogP contribution is -2.67. The van der Waals surface area contributed by atoms with Gasteiger partial charge in [0.25, 0.3) is 5.91 Å². The molecule has 3 fully saturated rings. The maximum atomic E-state index is 14.7. The summed E-state index contributed by atoms with van der Waals surface area (Å²) in [6, 6.07) is 7.96. The number of fused-ring (bicyclic) bond motifs is 7. The van der Waals surface area contributed by atoms with Crippen LogP contribution in [0.25, 0.3) is 33.4 Å². The number of aliphatic hydroxyl groups is 1. The number of thiazole rings is 1. The summed E-state index contributed by atoms with van der Waals surface area (Å²) in [4.78, 5) is 72.5. The number of hydrogen-bond donors (Lipinski definition) is 3. The fourth-order valence-corrected chi connectivity index (χ4v) is 11.0. The quantitative estimate of drug-likeness (QED) is 0.209. The van der Waals surface area contributed by atoms with Gasteiger partial charge in [-0.1, -0.05) is 33.8 Å². The van der Waals surface area contributed by atoms with Crippen molar-refractivity contribution in [2.24, 2.45) is 11.3 Å². The minimum Gasteiger partial charge on any atom is -0.462 e. The van der Waals surface area contributed by atoms with Crippen LogP contribution in [0.4, 0.5) is 4.79 Å². The average Bonchev–Trinajstić information content (AvgIpc) is 4.03. The molecule has 17 nitrogen and oxygen atoms in total. The number of carbonyl (C=O) groups excluding carboxylic acids is 4. The molecule has 18 heteroatoms. The Labute approximate surface area is 390 Å². The van der Waals surface area contributed by atoms with Crippen molar-refractivity contribution in [2.45, 2.75) is 110 Å². The van der Waals surface area contributed by atoms with Crippen molar-refractivity contribution >= 4 is 46.1 Å². The Morgan fingerprint density at radius 3 is 2.67 bits per heavy atom. The van der Waals surface area contributed by atoms with Gasteiger partial charge in [0.05, 0.1) is 60.1 Å². The molecule has 66 heavy (non-hydrogen) atoms. The molecule has 4 aliphatic heterocycles. The van der Waals surface area contributed by atoms with Crippen molar-refractivity contribution in [3.63, 3.8) is 0 Å². The van der Waals surface area contributed by atoms with E-state index in [2.05, 4.69) is 51.4 Å². The molecule has 0 radical (unpaired) electrons. The topological polar surface area (TPSA) is 184 Å². The maximum absolute atomic E-state index is 14.7. The van der Waals surface area contributed by atoms with Crippen LogP contribution in [0.1, 0.15) is 76.8 Å². The average molecular weight is 928 g/mol. The summed E-state index contributed by atoms with van der Waals surface area (Å²) in [6.07, 6.45) is 2.18. The number of aryl methyl sites for hydroxylation is 1. The lowest BCUT2D eigenvalue weighted by Gasteiger charge is -2.40. The van der Waals surface area contributed by atoms with Crippen LogP contribution in [-0.2, 0) is 48.0 Å². The van der Waals surface area contributed by atoms with Gasteiger partial charge in [-0.25, -0.2) is 14.6 Å². The molecule has 3 saturated heterocycles. The Kier molecular flexibility index (Phi) is 13.6. The Morgan fingerprint density at radius 1 is 1.15 bits per heavy atom. The molecule has 0 spiro atoms. The van der Waals surface area contributed by atoms with Crippen molar-refractivity contribution in [3.05, 3.63) is 58.2 Å². The number of amides is 4. The predicted molar refractivity (Wildman–Crippen MR) is 250 cm³/mol. The summed E-state index contributed by atoms with van der Waals surface area (Å²) in [5.74, 6) is -2.30. The van der Waals surface area contributed by atoms with Crippen LogP contribution in [0.5, 0.6) is 0 Å². The van der Waals surface area contributed by atoms with E-state index in [4.69, 9.17) is 24.2 Å². The number of urea groups is 1. The molecule has 356 valence electrons. The summed E-state index contributed by atoms with van der Waals surface area (Å²) in [6.45, 7) is 14.9. The zero-order valence-corrected chi connectivity index (χ0v) is 40.4. The van der Waals surface area contributed by atoms with Crippen molar-refractivity contribution in [1.82, 2.24) is 45.0 Å². The number of nitrogens with one attached hydrogen (secondary N) is 2. The van der Waals surface area contributed by atoms with Gasteiger partial charge < -0.3 is 39.0 Å². The largest absolute Gasteiger partial charge is 0.462 e. The second kappa shape index (κ2) is 19.0. The number of nitrogens with zero attached hydrogens (tertiary/aromatic N) is 7. The van der Waals surface area contributed by atoms with Gasteiger partial charge in [0.1, 0.15) is 12.1 Å². The van der Waals surface area contributed by atoms with Crippen LogP contribution in [0, 0.1) is 11.3 Å². The highest BCUT2D eigenvalue weighted by Gasteiger charge is 2.47. The summed E-state index contributed by atoms with van der Waals surface area (Å²) in [7, 11) is 5.32. The molecular formula is C48H65N9O8S. The SMILES string of the molecule is CCn1c(-c2cccnc2[C@H](C)OC)c2c3cc(ccc31)-c1csc(n1)C[C@H](NC(=O)[C@H](C(C)C)N(C)C(=O)N1C[C@@H]3[C@@H](C1)OCCN3C)C(=O)N1CCC[C@@](O)(N1)C(=O)OCC(C)(C)C2. The second-order valence-corrected chi connectivity index (χ2v) is 20.4. The standard InChI is InChI=1S/C48H65N9O8S/c1-10-56-36-15-14-30-21-32(36)33(42(56)31-13-11-17-49-40(31)29(4)63-9)23-47(5,6)27-65-45(60)48(62)16-12-18-57(52-48)44(59)34(22-39-50-35(30)26-66-39)51-43(58)41(28(2)3)54(8)46(61)55-24-37-38(25-55)64-20-19-53(37)7/h11,13-15,17,21,26,28-29,34,37-38,41,52,62H,10,12,16,18-20,22-25,27H2,1-9H3,(H,51,58)/t29-,34-,37+,38+,41-,48-/m0/s1. The van der Waals surface area contributed by atoms with Crippen LogP contribution in [0.15, 0.2) is 41.9 Å². The highest BCUT2D eigenvalue weighted by Crippen LogP contribution is 2.42. The third-order valence-electron chi connectivity index (χ3n) is 13.7. The summed E-state index contributed by atoms with van der Waals surface area (Å²) < 4.78 is 20.1. The normalized spacial score (nSPS) is 24.7. The van der Waals surface area contributed by atoms with E-state index in [1.165, 1.54) is 21.2 Å². The van der Waals surface area contributed by atoms with Crippen LogP contribution in [-0.4, -0.2) is 154 Å². The number of likely N-dealkylation sites (N-methyl/N-ethyl adjacent to an activating group) is 2. The molecule has 3 aromatic heterocycles. The Balaban J connectivity index is 1.17. The van der Waals surface area contributed by atoms with Gasteiger partial charge >= 0.3 is 12.0 Å². The molecule has 1 aromatic carbocycles. The van der Waals surface area contributed by atoms with E-state index in [0.717, 1.165) is 45.5 Å². The van der Waals surface area contributed by atoms with Crippen molar-refractivity contribution in [1.29, 1.82) is 0 Å². The molecule has 4 aromatic rings. The second-order valence-electron chi connectivity index (χ2n) is 19.4. The van der Waals surface area contributed by atoms with E-state index >= 15 is 0 Å². The highest BCUT2D eigenvalue weighted by atomic mass is 32.1. The van der Waals surface area contributed by atoms with E-state index < -0.39 is 41.0 Å². The van der Waals surface area contributed by atoms with E-state index in [-0.39, 0.29) is 62.6 Å². The molecule has 0 aliphatic carbocycles. The summed E-state index contributed by atoms with van der Waals surface area (Å²) in [5.41, 5.74) is 6.35. The Morgan fingerprint density at radius 2 is 1.94 bits per heavy atom. The zero-order chi connectivity index (χ0) is 47.2. The lowest BCUT2D eigenvalue weighted by molar-refractivity contribution is -0.189. The molecule has 4 amide bonds. The first-order chi connectivity index (χ1) is 31.4. The third kappa shape index (κ3) is 9.19. The van der Waals surface area contributed by atoms with E-state index in [1.807, 2.05) is 53.1 Å². The number of cyclic esters (lactones) is 1. The number of esters is 1. The molecule has 0 saturated carbocycles. The van der Waals surface area contributed by atoms with Crippen molar-refractivity contribution in [3.8, 4) is 22.5 Å². The predicted octanol–water partition coefficient (Wildman–Crippen LogP) is 4.61. The number of likely N-dealkylation sites (tertiary alicyclic amines) is 1. The number of pyridine rings is 1. The molecule has 0 unspecified atom stereocenters. The van der Waals surface area contributed by atoms with Gasteiger partial charge in [-0.05, 0) is 69.5 Å². The van der Waals surface area contributed by atoms with E-state index in [1.54, 1.807) is 25.3 Å². The first kappa shape index (κ1) is 47.5. The first-order valence-corrected chi connectivity index (χ1v) is 24.0. The van der Waals surface area contributed by atoms with Crippen LogP contribution < -0.4 is 10.7 Å². The van der Waals surface area contributed by atoms with Gasteiger partial charge in [-0.3, -0.25) is 24.5 Å². The fourth-order valence-electron chi connectivity index (χ4n) is 10.1. The van der Waals surface area contributed by atoms with Gasteiger partial charge in [-0.2, -0.15) is 5.43 Å². The molecular weight excluding hydrogens is 863 g/mol. The van der Waals surface area contributed by atoms with Crippen molar-refractivity contribution in [2.75, 3.05) is 60.6 Å². The van der Waals surface area contributed by atoms with Crippen molar-refractivity contribution < 1.29 is 38.5 Å². The number of ether oxygens (including phenoxy) is 3. The molecule has 8 rings (SSSR count). The molecule has 7 heterocycles. The Bertz CT molecular complexity index is 2470. The summed E-state index contributed by atoms with van der Waals surface area (Å²) >= 11 is 1.38. The van der Waals surface area contributed by atoms with Crippen LogP contribution >= 0.6 is 11.3 Å². The van der Waals surface area contributed by atoms with E-state index in [9.17, 15) is 24.3 Å². The minimum atomic E-state index is -2.21. The lowest BCUT2D eigenvalue weighted by atomic mass is 9.84. The fraction of sp³-hybridized carbons (Fsp3) is 0.583. The smallest absolute Gasteiger partial charge is 0.355 e. The number of carbonyl (C=O) groups is 4. The third-order valence-corrected chi connectivity index (χ3v) is 14.6. The van der Waals surface area contributed by atoms with Gasteiger partial charge in [-0.15, -0.1) is 11.3 Å². The monoisotopic (exact) mass is 927 g/mol. The number of aromatic nitrogens is 3. The Hall–Kier alpha value is -4.98. The van der Waals surface area contributed by atoms with Crippen LogP contribution in [0.2, 0.25) is 0 Å². The molecule has 6 bridgehead atoms. The number of hydrazine groups is 1. The van der Waals surface area contributed by atoms with E-state index in [0.29, 0.717) is 43.4 Å². The number of rotatable bonds is 8. The van der Waals surface area contributed by atoms with Gasteiger partial charge in [0, 0.05) is 92.2 Å². The summed E-state index contributed by atoms with van der Waals surface area (Å²) in [5, 5.41) is 19.6. The molecule has 6 atom stereocenters. The first-order valence-electron chi connectivity index (χ1n) is 23.1. The minimum absolute atomic E-state index is 0.00264. The van der Waals surface area contributed by atoms with Gasteiger partial charge in [0.2, 0.25) is 11.6 Å².